The van der Waals surface area contributed by atoms with Crippen LogP contribution in [0.2, 0.25) is 0 Å². The first kappa shape index (κ1) is 24.2. The number of aromatic nitrogens is 1. The summed E-state index contributed by atoms with van der Waals surface area (Å²) in [7, 11) is 0. The first-order chi connectivity index (χ1) is 20.8. The molecule has 0 aliphatic rings. The highest BCUT2D eigenvalue weighted by molar-refractivity contribution is 6.18. The Balaban J connectivity index is 1.16. The van der Waals surface area contributed by atoms with Gasteiger partial charge in [0.1, 0.15) is 11.2 Å². The number of hydrogen-bond acceptors (Lipinski definition) is 3. The summed E-state index contributed by atoms with van der Waals surface area (Å²) in [5, 5.41) is 4.52. The van der Waals surface area contributed by atoms with Crippen molar-refractivity contribution in [1.29, 1.82) is 0 Å². The zero-order valence-electron chi connectivity index (χ0n) is 22.8. The quantitative estimate of drug-likeness (QED) is 0.218. The molecule has 0 N–H and O–H groups in total. The molecule has 8 rings (SSSR count). The molecule has 2 heterocycles. The summed E-state index contributed by atoms with van der Waals surface area (Å²) >= 11 is 0. The second-order valence-corrected chi connectivity index (χ2v) is 10.5. The summed E-state index contributed by atoms with van der Waals surface area (Å²) in [5.41, 5.74) is 9.87. The predicted octanol–water partition coefficient (Wildman–Crippen LogP) is 10.9. The van der Waals surface area contributed by atoms with Gasteiger partial charge in [-0.25, -0.2) is 0 Å². The molecule has 6 aromatic carbocycles. The minimum atomic E-state index is 0.866. The number of fused-ring (bicyclic) bond motifs is 5. The largest absolute Gasteiger partial charge is 0.456 e. The van der Waals surface area contributed by atoms with E-state index >= 15 is 0 Å². The van der Waals surface area contributed by atoms with Gasteiger partial charge in [0.2, 0.25) is 0 Å². The van der Waals surface area contributed by atoms with Gasteiger partial charge >= 0.3 is 0 Å². The van der Waals surface area contributed by atoms with Crippen LogP contribution in [0.15, 0.2) is 162 Å². The van der Waals surface area contributed by atoms with Crippen LogP contribution in [0.3, 0.4) is 0 Å². The molecule has 0 spiro atoms. The fraction of sp³-hybridized carbons (Fsp3) is 0. The van der Waals surface area contributed by atoms with E-state index in [9.17, 15) is 0 Å². The Morgan fingerprint density at radius 2 is 1.05 bits per heavy atom. The van der Waals surface area contributed by atoms with E-state index in [-0.39, 0.29) is 0 Å². The van der Waals surface area contributed by atoms with Crippen LogP contribution in [-0.4, -0.2) is 4.98 Å². The van der Waals surface area contributed by atoms with Crippen LogP contribution in [0, 0.1) is 0 Å². The number of furan rings is 1. The first-order valence-corrected chi connectivity index (χ1v) is 14.1. The third-order valence-electron chi connectivity index (χ3n) is 7.96. The Morgan fingerprint density at radius 3 is 1.76 bits per heavy atom. The standard InChI is InChI=1S/C39H26N2O/c1-3-7-27(8-4-1)28-11-17-33(18-12-28)41(32-9-5-2-6-10-32)34-19-13-29(14-20-34)30-15-21-35-31(25-30)16-22-38-39(35)36-26-40-24-23-37(36)42-38/h1-26H. The Hall–Kier alpha value is -5.67. The molecule has 0 saturated heterocycles. The van der Waals surface area contributed by atoms with Gasteiger partial charge in [0.15, 0.2) is 0 Å². The van der Waals surface area contributed by atoms with Crippen LogP contribution in [-0.2, 0) is 0 Å². The van der Waals surface area contributed by atoms with Crippen molar-refractivity contribution in [2.24, 2.45) is 0 Å². The van der Waals surface area contributed by atoms with Gasteiger partial charge in [0, 0.05) is 40.2 Å². The van der Waals surface area contributed by atoms with Crippen molar-refractivity contribution in [2.75, 3.05) is 4.90 Å². The smallest absolute Gasteiger partial charge is 0.138 e. The Morgan fingerprint density at radius 1 is 0.452 bits per heavy atom. The van der Waals surface area contributed by atoms with E-state index in [0.717, 1.165) is 39.0 Å². The van der Waals surface area contributed by atoms with Gasteiger partial charge in [0.05, 0.1) is 0 Å². The lowest BCUT2D eigenvalue weighted by Gasteiger charge is -2.26. The van der Waals surface area contributed by atoms with E-state index < -0.39 is 0 Å². The van der Waals surface area contributed by atoms with Gasteiger partial charge in [-0.2, -0.15) is 0 Å². The van der Waals surface area contributed by atoms with E-state index in [4.69, 9.17) is 4.42 Å². The molecule has 2 aromatic heterocycles. The lowest BCUT2D eigenvalue weighted by molar-refractivity contribution is 0.668. The second kappa shape index (κ2) is 10.1. The number of hydrogen-bond donors (Lipinski definition) is 0. The normalized spacial score (nSPS) is 11.3. The number of rotatable bonds is 5. The van der Waals surface area contributed by atoms with Crippen molar-refractivity contribution >= 4 is 49.8 Å². The van der Waals surface area contributed by atoms with Gasteiger partial charge < -0.3 is 9.32 Å². The number of anilines is 3. The van der Waals surface area contributed by atoms with Crippen molar-refractivity contribution in [2.45, 2.75) is 0 Å². The minimum Gasteiger partial charge on any atom is -0.456 e. The summed E-state index contributed by atoms with van der Waals surface area (Å²) in [6.07, 6.45) is 3.66. The average molecular weight is 539 g/mol. The number of pyridine rings is 1. The summed E-state index contributed by atoms with van der Waals surface area (Å²) in [5.74, 6) is 0. The van der Waals surface area contributed by atoms with E-state index in [1.54, 1.807) is 6.20 Å². The topological polar surface area (TPSA) is 29.3 Å². The highest BCUT2D eigenvalue weighted by Crippen LogP contribution is 2.38. The van der Waals surface area contributed by atoms with Crippen LogP contribution >= 0.6 is 0 Å². The molecule has 3 heteroatoms. The molecule has 0 radical (unpaired) electrons. The molecular formula is C39H26N2O. The highest BCUT2D eigenvalue weighted by Gasteiger charge is 2.14. The Labute approximate surface area is 243 Å². The van der Waals surface area contributed by atoms with Crippen molar-refractivity contribution in [3.63, 3.8) is 0 Å². The zero-order valence-corrected chi connectivity index (χ0v) is 22.8. The van der Waals surface area contributed by atoms with Crippen molar-refractivity contribution in [3.05, 3.63) is 158 Å². The summed E-state index contributed by atoms with van der Waals surface area (Å²) in [4.78, 5) is 6.63. The summed E-state index contributed by atoms with van der Waals surface area (Å²) in [6.45, 7) is 0. The third-order valence-corrected chi connectivity index (χ3v) is 7.96. The molecule has 42 heavy (non-hydrogen) atoms. The number of benzene rings is 6. The lowest BCUT2D eigenvalue weighted by Crippen LogP contribution is -2.09. The molecule has 0 atom stereocenters. The lowest BCUT2D eigenvalue weighted by atomic mass is 9.98. The Bertz CT molecular complexity index is 2170. The van der Waals surface area contributed by atoms with Gasteiger partial charge in [0.25, 0.3) is 0 Å². The van der Waals surface area contributed by atoms with E-state index in [1.165, 1.54) is 33.0 Å². The van der Waals surface area contributed by atoms with Crippen molar-refractivity contribution < 1.29 is 4.42 Å². The maximum Gasteiger partial charge on any atom is 0.138 e. The molecule has 0 aliphatic carbocycles. The molecule has 0 saturated carbocycles. The van der Waals surface area contributed by atoms with E-state index in [0.29, 0.717) is 0 Å². The minimum absolute atomic E-state index is 0.866. The maximum atomic E-state index is 6.07. The molecule has 0 unspecified atom stereocenters. The number of para-hydroxylation sites is 1. The van der Waals surface area contributed by atoms with Gasteiger partial charge in [-0.1, -0.05) is 91.0 Å². The fourth-order valence-electron chi connectivity index (χ4n) is 5.89. The molecule has 3 nitrogen and oxygen atoms in total. The monoisotopic (exact) mass is 538 g/mol. The molecule has 0 aliphatic heterocycles. The SMILES string of the molecule is c1ccc(-c2ccc(N(c3ccccc3)c3ccc(-c4ccc5c(ccc6oc7ccncc7c65)c4)cc3)cc2)cc1. The van der Waals surface area contributed by atoms with Crippen molar-refractivity contribution in [3.8, 4) is 22.3 Å². The average Bonchev–Trinajstić information content (AvgIpc) is 3.45. The molecule has 0 fully saturated rings. The van der Waals surface area contributed by atoms with Crippen LogP contribution in [0.1, 0.15) is 0 Å². The number of nitrogens with zero attached hydrogens (tertiary/aromatic N) is 2. The molecular weight excluding hydrogens is 512 g/mol. The summed E-state index contributed by atoms with van der Waals surface area (Å²) in [6, 6.07) is 51.4. The molecule has 8 aromatic rings. The fourth-order valence-corrected chi connectivity index (χ4v) is 5.89. The molecule has 0 bridgehead atoms. The third kappa shape index (κ3) is 4.20. The van der Waals surface area contributed by atoms with Crippen LogP contribution < -0.4 is 4.90 Å². The van der Waals surface area contributed by atoms with E-state index in [1.807, 2.05) is 18.3 Å². The second-order valence-electron chi connectivity index (χ2n) is 10.5. The Kier molecular flexibility index (Phi) is 5.79. The zero-order chi connectivity index (χ0) is 27.9. The van der Waals surface area contributed by atoms with E-state index in [2.05, 4.69) is 143 Å². The first-order valence-electron chi connectivity index (χ1n) is 14.1. The van der Waals surface area contributed by atoms with Crippen LogP contribution in [0.25, 0.3) is 55.0 Å². The van der Waals surface area contributed by atoms with Gasteiger partial charge in [-0.3, -0.25) is 4.98 Å². The van der Waals surface area contributed by atoms with Crippen LogP contribution in [0.5, 0.6) is 0 Å². The maximum absolute atomic E-state index is 6.07. The molecule has 0 amide bonds. The van der Waals surface area contributed by atoms with Crippen molar-refractivity contribution in [1.82, 2.24) is 4.98 Å². The van der Waals surface area contributed by atoms with Gasteiger partial charge in [-0.15, -0.1) is 0 Å². The summed E-state index contributed by atoms with van der Waals surface area (Å²) < 4.78 is 6.07. The van der Waals surface area contributed by atoms with Crippen LogP contribution in [0.4, 0.5) is 17.1 Å². The highest BCUT2D eigenvalue weighted by atomic mass is 16.3. The van der Waals surface area contributed by atoms with Gasteiger partial charge in [-0.05, 0) is 87.6 Å². The predicted molar refractivity (Wildman–Crippen MR) is 175 cm³/mol. The molecule has 198 valence electrons.